The zero-order chi connectivity index (χ0) is 20.8. The van der Waals surface area contributed by atoms with Gasteiger partial charge >= 0.3 is 0 Å². The summed E-state index contributed by atoms with van der Waals surface area (Å²) in [5.41, 5.74) is 3.96. The average molecular weight is 408 g/mol. The number of carbonyl (C=O) groups excluding carboxylic acids is 2. The summed E-state index contributed by atoms with van der Waals surface area (Å²) in [4.78, 5) is 30.0. The van der Waals surface area contributed by atoms with Crippen molar-refractivity contribution in [1.82, 2.24) is 15.6 Å². The quantitative estimate of drug-likeness (QED) is 0.623. The molecule has 150 valence electrons. The van der Waals surface area contributed by atoms with Crippen LogP contribution in [-0.4, -0.2) is 29.4 Å². The summed E-state index contributed by atoms with van der Waals surface area (Å²) in [5, 5.41) is 6.33. The Bertz CT molecular complexity index is 979. The number of rotatable bonds is 7. The van der Waals surface area contributed by atoms with Crippen LogP contribution in [0.5, 0.6) is 0 Å². The van der Waals surface area contributed by atoms with E-state index in [-0.39, 0.29) is 30.8 Å². The number of thiazole rings is 1. The van der Waals surface area contributed by atoms with Crippen molar-refractivity contribution in [3.05, 3.63) is 65.9 Å². The predicted molar refractivity (Wildman–Crippen MR) is 118 cm³/mol. The van der Waals surface area contributed by atoms with Crippen LogP contribution < -0.4 is 10.6 Å². The molecule has 2 aromatic carbocycles. The lowest BCUT2D eigenvalue weighted by molar-refractivity contribution is -0.126. The molecule has 2 amide bonds. The first-order valence-electron chi connectivity index (χ1n) is 9.60. The van der Waals surface area contributed by atoms with Gasteiger partial charge < -0.3 is 10.6 Å². The Hall–Kier alpha value is -2.99. The molecule has 3 rings (SSSR count). The van der Waals surface area contributed by atoms with Crippen molar-refractivity contribution in [2.75, 3.05) is 6.54 Å². The molecule has 0 fully saturated rings. The third-order valence-electron chi connectivity index (χ3n) is 4.26. The van der Waals surface area contributed by atoms with Crippen LogP contribution in [0.15, 0.2) is 54.6 Å². The lowest BCUT2D eigenvalue weighted by atomic mass is 10.1. The maximum atomic E-state index is 12.5. The Morgan fingerprint density at radius 3 is 2.31 bits per heavy atom. The van der Waals surface area contributed by atoms with E-state index in [2.05, 4.69) is 34.9 Å². The highest BCUT2D eigenvalue weighted by atomic mass is 32.1. The van der Waals surface area contributed by atoms with Gasteiger partial charge in [0.1, 0.15) is 5.01 Å². The van der Waals surface area contributed by atoms with Crippen molar-refractivity contribution in [2.45, 2.75) is 33.2 Å². The Balaban J connectivity index is 1.82. The molecule has 0 unspecified atom stereocenters. The fourth-order valence-electron chi connectivity index (χ4n) is 2.87. The van der Waals surface area contributed by atoms with Gasteiger partial charge in [-0.3, -0.25) is 9.59 Å². The number of hydrogen-bond acceptors (Lipinski definition) is 4. The van der Waals surface area contributed by atoms with Crippen molar-refractivity contribution < 1.29 is 9.59 Å². The molecule has 1 heterocycles. The van der Waals surface area contributed by atoms with Gasteiger partial charge in [0.2, 0.25) is 11.8 Å². The summed E-state index contributed by atoms with van der Waals surface area (Å²) in [6, 6.07) is 18.2. The summed E-state index contributed by atoms with van der Waals surface area (Å²) in [5.74, 6) is -0.419. The van der Waals surface area contributed by atoms with Gasteiger partial charge in [-0.25, -0.2) is 4.98 Å². The number of benzene rings is 2. The monoisotopic (exact) mass is 407 g/mol. The number of amides is 2. The normalized spacial score (nSPS) is 10.8. The standard InChI is InChI=1S/C23H25N3O2S/c1-15(2)25-21(28)14-24-20(27)13-19-22(17-11-9-16(3)10-12-17)29-23(26-19)18-7-5-4-6-8-18/h4-12,15H,13-14H2,1-3H3,(H,24,27)(H,25,28). The van der Waals surface area contributed by atoms with E-state index in [4.69, 9.17) is 4.98 Å². The molecule has 2 N–H and O–H groups in total. The van der Waals surface area contributed by atoms with E-state index in [0.29, 0.717) is 0 Å². The average Bonchev–Trinajstić information content (AvgIpc) is 3.11. The first kappa shape index (κ1) is 20.7. The second-order valence-corrected chi connectivity index (χ2v) is 8.20. The van der Waals surface area contributed by atoms with Crippen molar-refractivity contribution in [1.29, 1.82) is 0 Å². The molecular weight excluding hydrogens is 382 g/mol. The number of aryl methyl sites for hydroxylation is 1. The lowest BCUT2D eigenvalue weighted by Gasteiger charge is -2.09. The predicted octanol–water partition coefficient (Wildman–Crippen LogP) is 3.97. The third-order valence-corrected chi connectivity index (χ3v) is 5.45. The van der Waals surface area contributed by atoms with Crippen molar-refractivity contribution in [3.8, 4) is 21.0 Å². The van der Waals surface area contributed by atoms with Crippen LogP contribution >= 0.6 is 11.3 Å². The Kier molecular flexibility index (Phi) is 6.77. The van der Waals surface area contributed by atoms with Gasteiger partial charge in [0, 0.05) is 11.6 Å². The maximum Gasteiger partial charge on any atom is 0.239 e. The molecule has 3 aromatic rings. The number of aromatic nitrogens is 1. The van der Waals surface area contributed by atoms with Crippen LogP contribution in [0.1, 0.15) is 25.1 Å². The highest BCUT2D eigenvalue weighted by Gasteiger charge is 2.17. The van der Waals surface area contributed by atoms with E-state index in [1.807, 2.05) is 51.1 Å². The fourth-order valence-corrected chi connectivity index (χ4v) is 3.97. The Labute approximate surface area is 175 Å². The van der Waals surface area contributed by atoms with Crippen LogP contribution in [0.2, 0.25) is 0 Å². The van der Waals surface area contributed by atoms with Crippen LogP contribution in [0.4, 0.5) is 0 Å². The van der Waals surface area contributed by atoms with Crippen LogP contribution in [-0.2, 0) is 16.0 Å². The molecule has 0 saturated carbocycles. The Morgan fingerprint density at radius 1 is 0.966 bits per heavy atom. The van der Waals surface area contributed by atoms with E-state index >= 15 is 0 Å². The molecule has 5 nitrogen and oxygen atoms in total. The van der Waals surface area contributed by atoms with E-state index in [1.165, 1.54) is 5.56 Å². The lowest BCUT2D eigenvalue weighted by Crippen LogP contribution is -2.40. The highest BCUT2D eigenvalue weighted by molar-refractivity contribution is 7.18. The number of carbonyl (C=O) groups is 2. The molecule has 29 heavy (non-hydrogen) atoms. The summed E-state index contributed by atoms with van der Waals surface area (Å²) in [7, 11) is 0. The summed E-state index contributed by atoms with van der Waals surface area (Å²) in [6.45, 7) is 5.77. The number of nitrogens with one attached hydrogen (secondary N) is 2. The van der Waals surface area contributed by atoms with Gasteiger partial charge in [-0.2, -0.15) is 0 Å². The van der Waals surface area contributed by atoms with Crippen molar-refractivity contribution >= 4 is 23.2 Å². The van der Waals surface area contributed by atoms with E-state index in [0.717, 1.165) is 26.7 Å². The van der Waals surface area contributed by atoms with Crippen LogP contribution in [0.25, 0.3) is 21.0 Å². The zero-order valence-corrected chi connectivity index (χ0v) is 17.7. The van der Waals surface area contributed by atoms with E-state index in [9.17, 15) is 9.59 Å². The minimum absolute atomic E-state index is 0.0352. The summed E-state index contributed by atoms with van der Waals surface area (Å²) in [6.07, 6.45) is 0.126. The molecule has 0 radical (unpaired) electrons. The van der Waals surface area contributed by atoms with Crippen molar-refractivity contribution in [3.63, 3.8) is 0 Å². The molecule has 0 spiro atoms. The minimum Gasteiger partial charge on any atom is -0.352 e. The first-order chi connectivity index (χ1) is 13.9. The third kappa shape index (κ3) is 5.74. The second kappa shape index (κ2) is 9.47. The summed E-state index contributed by atoms with van der Waals surface area (Å²) >= 11 is 1.58. The molecular formula is C23H25N3O2S. The van der Waals surface area contributed by atoms with Crippen molar-refractivity contribution in [2.24, 2.45) is 0 Å². The molecule has 6 heteroatoms. The zero-order valence-electron chi connectivity index (χ0n) is 16.9. The van der Waals surface area contributed by atoms with Gasteiger partial charge in [0.05, 0.1) is 23.5 Å². The minimum atomic E-state index is -0.220. The van der Waals surface area contributed by atoms with E-state index < -0.39 is 0 Å². The first-order valence-corrected chi connectivity index (χ1v) is 10.4. The molecule has 0 saturated heterocycles. The molecule has 0 aliphatic carbocycles. The summed E-state index contributed by atoms with van der Waals surface area (Å²) < 4.78 is 0. The highest BCUT2D eigenvalue weighted by Crippen LogP contribution is 2.35. The SMILES string of the molecule is Cc1ccc(-c2sc(-c3ccccc3)nc2CC(=O)NCC(=O)NC(C)C)cc1. The van der Waals surface area contributed by atoms with E-state index in [1.54, 1.807) is 11.3 Å². The molecule has 0 atom stereocenters. The van der Waals surface area contributed by atoms with Gasteiger partial charge in [0.15, 0.2) is 0 Å². The van der Waals surface area contributed by atoms with Gasteiger partial charge in [-0.15, -0.1) is 11.3 Å². The molecule has 0 bridgehead atoms. The molecule has 1 aromatic heterocycles. The topological polar surface area (TPSA) is 71.1 Å². The van der Waals surface area contributed by atoms with Gasteiger partial charge in [0.25, 0.3) is 0 Å². The second-order valence-electron chi connectivity index (χ2n) is 7.20. The van der Waals surface area contributed by atoms with Gasteiger partial charge in [-0.1, -0.05) is 60.2 Å². The molecule has 0 aliphatic rings. The van der Waals surface area contributed by atoms with Crippen LogP contribution in [0, 0.1) is 6.92 Å². The fraction of sp³-hybridized carbons (Fsp3) is 0.261. The smallest absolute Gasteiger partial charge is 0.239 e. The largest absolute Gasteiger partial charge is 0.352 e. The Morgan fingerprint density at radius 2 is 1.66 bits per heavy atom. The maximum absolute atomic E-state index is 12.5. The van der Waals surface area contributed by atoms with Crippen LogP contribution in [0.3, 0.4) is 0 Å². The molecule has 0 aliphatic heterocycles. The van der Waals surface area contributed by atoms with Gasteiger partial charge in [-0.05, 0) is 26.3 Å². The number of hydrogen-bond donors (Lipinski definition) is 2. The number of nitrogens with zero attached hydrogens (tertiary/aromatic N) is 1.